The zero-order valence-corrected chi connectivity index (χ0v) is 10.4. The molecule has 0 heterocycles. The molecule has 0 aliphatic carbocycles. The van der Waals surface area contributed by atoms with Gasteiger partial charge in [-0.25, -0.2) is 0 Å². The Hall–Kier alpha value is -1.16. The highest BCUT2D eigenvalue weighted by molar-refractivity contribution is 5.68. The number of hydrogen-bond acceptors (Lipinski definition) is 3. The number of benzene rings is 1. The van der Waals surface area contributed by atoms with Crippen molar-refractivity contribution in [3.05, 3.63) is 41.5 Å². The summed E-state index contributed by atoms with van der Waals surface area (Å²) in [6.45, 7) is 1.98. The molecule has 0 saturated carbocycles. The van der Waals surface area contributed by atoms with Crippen molar-refractivity contribution in [1.82, 2.24) is 0 Å². The first kappa shape index (κ1) is 13.9. The Bertz CT molecular complexity index is 336. The van der Waals surface area contributed by atoms with E-state index in [1.807, 2.05) is 18.2 Å². The SMILES string of the molecule is NCCC(CCN)=C(CCN)c1ccccc1. The second-order valence-electron chi connectivity index (χ2n) is 4.06. The summed E-state index contributed by atoms with van der Waals surface area (Å²) in [6, 6.07) is 10.4. The fourth-order valence-electron chi connectivity index (χ4n) is 2.08. The van der Waals surface area contributed by atoms with Crippen molar-refractivity contribution >= 4 is 5.57 Å². The van der Waals surface area contributed by atoms with E-state index in [0.717, 1.165) is 19.3 Å². The third-order valence-corrected chi connectivity index (χ3v) is 2.84. The van der Waals surface area contributed by atoms with Crippen LogP contribution in [0.15, 0.2) is 35.9 Å². The molecular weight excluding hydrogens is 210 g/mol. The first-order chi connectivity index (χ1) is 8.33. The molecule has 3 nitrogen and oxygen atoms in total. The quantitative estimate of drug-likeness (QED) is 0.667. The van der Waals surface area contributed by atoms with Gasteiger partial charge >= 0.3 is 0 Å². The van der Waals surface area contributed by atoms with Gasteiger partial charge in [0, 0.05) is 0 Å². The van der Waals surface area contributed by atoms with Crippen LogP contribution in [-0.2, 0) is 0 Å². The normalized spacial score (nSPS) is 10.3. The van der Waals surface area contributed by atoms with Crippen LogP contribution in [0, 0.1) is 0 Å². The van der Waals surface area contributed by atoms with Crippen molar-refractivity contribution in [3.8, 4) is 0 Å². The lowest BCUT2D eigenvalue weighted by Crippen LogP contribution is -2.09. The lowest BCUT2D eigenvalue weighted by Gasteiger charge is -2.14. The molecule has 0 aromatic heterocycles. The van der Waals surface area contributed by atoms with Gasteiger partial charge in [-0.15, -0.1) is 0 Å². The van der Waals surface area contributed by atoms with Crippen molar-refractivity contribution in [1.29, 1.82) is 0 Å². The molecule has 6 N–H and O–H groups in total. The molecule has 1 aromatic rings. The van der Waals surface area contributed by atoms with Gasteiger partial charge in [0.05, 0.1) is 0 Å². The molecule has 17 heavy (non-hydrogen) atoms. The number of rotatable bonds is 7. The Kier molecular flexibility index (Phi) is 6.55. The van der Waals surface area contributed by atoms with Crippen LogP contribution in [0.5, 0.6) is 0 Å². The molecule has 0 saturated heterocycles. The highest BCUT2D eigenvalue weighted by atomic mass is 14.5. The van der Waals surface area contributed by atoms with Crippen LogP contribution in [0.1, 0.15) is 24.8 Å². The number of nitrogens with two attached hydrogens (primary N) is 3. The molecule has 0 radical (unpaired) electrons. The van der Waals surface area contributed by atoms with Gasteiger partial charge in [-0.1, -0.05) is 35.9 Å². The van der Waals surface area contributed by atoms with E-state index in [0.29, 0.717) is 19.6 Å². The molecule has 0 aliphatic rings. The third kappa shape index (κ3) is 4.30. The van der Waals surface area contributed by atoms with E-state index in [2.05, 4.69) is 12.1 Å². The second kappa shape index (κ2) is 8.01. The van der Waals surface area contributed by atoms with E-state index in [1.165, 1.54) is 16.7 Å². The lowest BCUT2D eigenvalue weighted by molar-refractivity contribution is 0.841. The van der Waals surface area contributed by atoms with E-state index >= 15 is 0 Å². The predicted molar refractivity (Wildman–Crippen MR) is 74.4 cm³/mol. The molecule has 0 atom stereocenters. The van der Waals surface area contributed by atoms with Gasteiger partial charge in [0.1, 0.15) is 0 Å². The summed E-state index contributed by atoms with van der Waals surface area (Å²) in [6.07, 6.45) is 2.70. The first-order valence-corrected chi connectivity index (χ1v) is 6.20. The van der Waals surface area contributed by atoms with Crippen molar-refractivity contribution in [2.24, 2.45) is 17.2 Å². The van der Waals surface area contributed by atoms with Crippen LogP contribution in [-0.4, -0.2) is 19.6 Å². The smallest absolute Gasteiger partial charge is 0.00365 e. The van der Waals surface area contributed by atoms with Crippen LogP contribution in [0.3, 0.4) is 0 Å². The fourth-order valence-corrected chi connectivity index (χ4v) is 2.08. The lowest BCUT2D eigenvalue weighted by atomic mass is 9.93. The monoisotopic (exact) mass is 233 g/mol. The molecule has 0 spiro atoms. The van der Waals surface area contributed by atoms with Crippen molar-refractivity contribution in [3.63, 3.8) is 0 Å². The number of hydrogen-bond donors (Lipinski definition) is 3. The Morgan fingerprint density at radius 3 is 1.76 bits per heavy atom. The summed E-state index contributed by atoms with van der Waals surface area (Å²) in [5.41, 5.74) is 21.0. The van der Waals surface area contributed by atoms with Gasteiger partial charge in [0.15, 0.2) is 0 Å². The van der Waals surface area contributed by atoms with E-state index in [1.54, 1.807) is 0 Å². The molecule has 0 bridgehead atoms. The highest BCUT2D eigenvalue weighted by Crippen LogP contribution is 2.25. The summed E-state index contributed by atoms with van der Waals surface area (Å²) < 4.78 is 0. The Morgan fingerprint density at radius 1 is 0.765 bits per heavy atom. The van der Waals surface area contributed by atoms with Gasteiger partial charge in [0.25, 0.3) is 0 Å². The summed E-state index contributed by atoms with van der Waals surface area (Å²) in [4.78, 5) is 0. The van der Waals surface area contributed by atoms with Crippen LogP contribution in [0.2, 0.25) is 0 Å². The maximum absolute atomic E-state index is 5.70. The zero-order valence-electron chi connectivity index (χ0n) is 10.4. The van der Waals surface area contributed by atoms with Crippen molar-refractivity contribution in [2.45, 2.75) is 19.3 Å². The van der Waals surface area contributed by atoms with Crippen molar-refractivity contribution < 1.29 is 0 Å². The molecule has 1 rings (SSSR count). The summed E-state index contributed by atoms with van der Waals surface area (Å²) in [7, 11) is 0. The predicted octanol–water partition coefficient (Wildman–Crippen LogP) is 1.49. The van der Waals surface area contributed by atoms with Gasteiger partial charge in [-0.05, 0) is 50.0 Å². The van der Waals surface area contributed by atoms with Crippen LogP contribution in [0.25, 0.3) is 5.57 Å². The first-order valence-electron chi connectivity index (χ1n) is 6.20. The molecular formula is C14H23N3. The van der Waals surface area contributed by atoms with Gasteiger partial charge in [-0.3, -0.25) is 0 Å². The Balaban J connectivity index is 3.06. The van der Waals surface area contributed by atoms with E-state index in [-0.39, 0.29) is 0 Å². The summed E-state index contributed by atoms with van der Waals surface area (Å²) in [5.74, 6) is 0. The largest absolute Gasteiger partial charge is 0.330 e. The molecule has 0 amide bonds. The zero-order chi connectivity index (χ0) is 12.5. The average molecular weight is 233 g/mol. The molecule has 0 unspecified atom stereocenters. The van der Waals surface area contributed by atoms with Crippen LogP contribution < -0.4 is 17.2 Å². The molecule has 94 valence electrons. The molecule has 0 aliphatic heterocycles. The minimum Gasteiger partial charge on any atom is -0.330 e. The Labute approximate surface area is 104 Å². The minimum atomic E-state index is 0.656. The summed E-state index contributed by atoms with van der Waals surface area (Å²) in [5, 5.41) is 0. The van der Waals surface area contributed by atoms with Gasteiger partial charge in [-0.2, -0.15) is 0 Å². The molecule has 1 aromatic carbocycles. The standard InChI is InChI=1S/C14H23N3/c15-9-6-13(7-10-16)14(8-11-17)12-4-2-1-3-5-12/h1-5H,6-11,15-17H2. The van der Waals surface area contributed by atoms with E-state index in [4.69, 9.17) is 17.2 Å². The average Bonchev–Trinajstić information content (AvgIpc) is 2.37. The second-order valence-corrected chi connectivity index (χ2v) is 4.06. The molecule has 0 fully saturated rings. The van der Waals surface area contributed by atoms with Gasteiger partial charge in [0.2, 0.25) is 0 Å². The summed E-state index contributed by atoms with van der Waals surface area (Å²) >= 11 is 0. The van der Waals surface area contributed by atoms with E-state index < -0.39 is 0 Å². The van der Waals surface area contributed by atoms with Crippen LogP contribution >= 0.6 is 0 Å². The minimum absolute atomic E-state index is 0.656. The van der Waals surface area contributed by atoms with Crippen LogP contribution in [0.4, 0.5) is 0 Å². The maximum atomic E-state index is 5.70. The maximum Gasteiger partial charge on any atom is -0.00365 e. The Morgan fingerprint density at radius 2 is 1.29 bits per heavy atom. The highest BCUT2D eigenvalue weighted by Gasteiger charge is 2.07. The fraction of sp³-hybridized carbons (Fsp3) is 0.429. The molecule has 3 heteroatoms. The van der Waals surface area contributed by atoms with E-state index in [9.17, 15) is 0 Å². The van der Waals surface area contributed by atoms with Gasteiger partial charge < -0.3 is 17.2 Å². The van der Waals surface area contributed by atoms with Crippen molar-refractivity contribution in [2.75, 3.05) is 19.6 Å². The topological polar surface area (TPSA) is 78.1 Å². The third-order valence-electron chi connectivity index (χ3n) is 2.84.